The molecule has 0 aliphatic carbocycles. The molecular formula is C29H33Cl2N3O3S. The van der Waals surface area contributed by atoms with Gasteiger partial charge >= 0.3 is 0 Å². The maximum Gasteiger partial charge on any atom is 0.253 e. The second-order valence-corrected chi connectivity index (χ2v) is 12.2. The monoisotopic (exact) mass is 573 g/mol. The van der Waals surface area contributed by atoms with Gasteiger partial charge in [0.05, 0.1) is 5.75 Å². The van der Waals surface area contributed by atoms with Gasteiger partial charge in [0.1, 0.15) is 0 Å². The molecule has 0 radical (unpaired) electrons. The van der Waals surface area contributed by atoms with Crippen LogP contribution in [0.5, 0.6) is 0 Å². The molecule has 0 aromatic heterocycles. The molecule has 6 nitrogen and oxygen atoms in total. The molecule has 2 aliphatic rings. The predicted octanol–water partition coefficient (Wildman–Crippen LogP) is 5.18. The highest BCUT2D eigenvalue weighted by Crippen LogP contribution is 2.26. The molecule has 2 saturated heterocycles. The SMILES string of the molecule is Cl.O=C(c1ccc(C2CCNCC2)cc1)N1CCN(S(=O)(=O)CC=Cc2ccc3cc(Cl)ccc3c2)CC1. The molecule has 1 amide bonds. The van der Waals surface area contributed by atoms with Crippen molar-refractivity contribution >= 4 is 56.8 Å². The van der Waals surface area contributed by atoms with E-state index in [9.17, 15) is 13.2 Å². The van der Waals surface area contributed by atoms with Crippen molar-refractivity contribution in [2.75, 3.05) is 45.0 Å². The average Bonchev–Trinajstić information content (AvgIpc) is 2.93. The maximum atomic E-state index is 13.0. The molecule has 0 bridgehead atoms. The minimum atomic E-state index is -3.45. The fourth-order valence-corrected chi connectivity index (χ4v) is 6.61. The van der Waals surface area contributed by atoms with Crippen LogP contribution in [0.3, 0.4) is 0 Å². The summed E-state index contributed by atoms with van der Waals surface area (Å²) in [6.45, 7) is 3.48. The molecule has 5 rings (SSSR count). The summed E-state index contributed by atoms with van der Waals surface area (Å²) in [6, 6.07) is 19.6. The first-order valence-electron chi connectivity index (χ1n) is 12.8. The lowest BCUT2D eigenvalue weighted by atomic mass is 9.90. The molecule has 0 saturated carbocycles. The third-order valence-electron chi connectivity index (χ3n) is 7.33. The number of fused-ring (bicyclic) bond motifs is 1. The lowest BCUT2D eigenvalue weighted by molar-refractivity contribution is 0.0698. The fraction of sp³-hybridized carbons (Fsp3) is 0.345. The zero-order valence-corrected chi connectivity index (χ0v) is 23.6. The number of nitrogens with zero attached hydrogens (tertiary/aromatic N) is 2. The van der Waals surface area contributed by atoms with E-state index >= 15 is 0 Å². The highest BCUT2D eigenvalue weighted by Gasteiger charge is 2.28. The summed E-state index contributed by atoms with van der Waals surface area (Å²) in [6.07, 6.45) is 5.76. The number of benzene rings is 3. The summed E-state index contributed by atoms with van der Waals surface area (Å²) >= 11 is 6.05. The summed E-state index contributed by atoms with van der Waals surface area (Å²) in [5.74, 6) is 0.442. The van der Waals surface area contributed by atoms with Crippen LogP contribution in [0.2, 0.25) is 5.02 Å². The van der Waals surface area contributed by atoms with Gasteiger partial charge in [-0.3, -0.25) is 4.79 Å². The average molecular weight is 575 g/mol. The van der Waals surface area contributed by atoms with Crippen molar-refractivity contribution in [1.29, 1.82) is 0 Å². The molecule has 0 unspecified atom stereocenters. The van der Waals surface area contributed by atoms with Crippen molar-refractivity contribution in [3.05, 3.63) is 88.5 Å². The number of hydrogen-bond donors (Lipinski definition) is 1. The van der Waals surface area contributed by atoms with Crippen LogP contribution in [-0.2, 0) is 10.0 Å². The Bertz CT molecular complexity index is 1400. The molecule has 0 atom stereocenters. The number of hydrogen-bond acceptors (Lipinski definition) is 4. The van der Waals surface area contributed by atoms with E-state index in [4.69, 9.17) is 11.6 Å². The van der Waals surface area contributed by atoms with E-state index in [0.717, 1.165) is 42.3 Å². The maximum absolute atomic E-state index is 13.0. The van der Waals surface area contributed by atoms with Crippen LogP contribution in [0.1, 0.15) is 40.2 Å². The van der Waals surface area contributed by atoms with Crippen molar-refractivity contribution in [2.45, 2.75) is 18.8 Å². The van der Waals surface area contributed by atoms with Crippen LogP contribution in [0, 0.1) is 0 Å². The highest BCUT2D eigenvalue weighted by molar-refractivity contribution is 7.89. The van der Waals surface area contributed by atoms with Gasteiger partial charge in [0, 0.05) is 36.8 Å². The third-order valence-corrected chi connectivity index (χ3v) is 9.33. The van der Waals surface area contributed by atoms with E-state index in [-0.39, 0.29) is 24.1 Å². The van der Waals surface area contributed by atoms with Gasteiger partial charge in [-0.2, -0.15) is 4.31 Å². The summed E-state index contributed by atoms with van der Waals surface area (Å²) in [4.78, 5) is 14.8. The number of rotatable bonds is 6. The molecular weight excluding hydrogens is 541 g/mol. The normalized spacial score (nSPS) is 17.6. The van der Waals surface area contributed by atoms with E-state index in [0.29, 0.717) is 42.7 Å². The number of piperidine rings is 1. The number of nitrogens with one attached hydrogen (secondary N) is 1. The number of halogens is 2. The van der Waals surface area contributed by atoms with Gasteiger partial charge in [-0.1, -0.05) is 54.1 Å². The predicted molar refractivity (Wildman–Crippen MR) is 158 cm³/mol. The first-order chi connectivity index (χ1) is 17.9. The lowest BCUT2D eigenvalue weighted by Gasteiger charge is -2.34. The highest BCUT2D eigenvalue weighted by atomic mass is 35.5. The molecule has 2 fully saturated rings. The van der Waals surface area contributed by atoms with Crippen LogP contribution in [0.4, 0.5) is 0 Å². The second-order valence-electron chi connectivity index (χ2n) is 9.77. The Balaban J connectivity index is 0.00000336. The number of carbonyl (C=O) groups excluding carboxylic acids is 1. The third kappa shape index (κ3) is 6.77. The first-order valence-corrected chi connectivity index (χ1v) is 14.8. The Morgan fingerprint density at radius 3 is 2.29 bits per heavy atom. The zero-order valence-electron chi connectivity index (χ0n) is 21.2. The van der Waals surface area contributed by atoms with Crippen molar-refractivity contribution < 1.29 is 13.2 Å². The van der Waals surface area contributed by atoms with Gasteiger partial charge in [-0.15, -0.1) is 12.4 Å². The first kappa shape index (κ1) is 28.6. The summed E-state index contributed by atoms with van der Waals surface area (Å²) in [5, 5.41) is 6.17. The van der Waals surface area contributed by atoms with Gasteiger partial charge < -0.3 is 10.2 Å². The van der Waals surface area contributed by atoms with Gasteiger partial charge in [-0.25, -0.2) is 8.42 Å². The largest absolute Gasteiger partial charge is 0.336 e. The Hall–Kier alpha value is -2.42. The standard InChI is InChI=1S/C29H32ClN3O3S.ClH/c30-28-10-9-26-20-22(3-4-27(26)21-28)2-1-19-37(35,36)33-17-15-32(16-18-33)29(34)25-7-5-23(6-8-25)24-11-13-31-14-12-24;/h1-10,20-21,24,31H,11-19H2;1H. The number of sulfonamides is 1. The van der Waals surface area contributed by atoms with Gasteiger partial charge in [0.2, 0.25) is 10.0 Å². The lowest BCUT2D eigenvalue weighted by Crippen LogP contribution is -2.50. The topological polar surface area (TPSA) is 69.7 Å². The molecule has 2 heterocycles. The van der Waals surface area contributed by atoms with Crippen molar-refractivity contribution in [1.82, 2.24) is 14.5 Å². The van der Waals surface area contributed by atoms with Crippen molar-refractivity contribution in [3.63, 3.8) is 0 Å². The quantitative estimate of drug-likeness (QED) is 0.441. The van der Waals surface area contributed by atoms with Crippen LogP contribution in [0.25, 0.3) is 16.8 Å². The van der Waals surface area contributed by atoms with E-state index in [1.807, 2.05) is 54.6 Å². The minimum Gasteiger partial charge on any atom is -0.336 e. The van der Waals surface area contributed by atoms with Gasteiger partial charge in [-0.05, 0) is 84.1 Å². The van der Waals surface area contributed by atoms with E-state index < -0.39 is 10.0 Å². The smallest absolute Gasteiger partial charge is 0.253 e. The van der Waals surface area contributed by atoms with Gasteiger partial charge in [0.25, 0.3) is 5.91 Å². The van der Waals surface area contributed by atoms with E-state index in [1.54, 1.807) is 11.0 Å². The summed E-state index contributed by atoms with van der Waals surface area (Å²) in [5.41, 5.74) is 2.89. The summed E-state index contributed by atoms with van der Waals surface area (Å²) < 4.78 is 27.3. The molecule has 9 heteroatoms. The molecule has 202 valence electrons. The molecule has 2 aliphatic heterocycles. The Morgan fingerprint density at radius 2 is 1.58 bits per heavy atom. The van der Waals surface area contributed by atoms with Crippen molar-refractivity contribution in [3.8, 4) is 0 Å². The van der Waals surface area contributed by atoms with Crippen LogP contribution < -0.4 is 5.32 Å². The van der Waals surface area contributed by atoms with Crippen molar-refractivity contribution in [2.24, 2.45) is 0 Å². The number of piperazine rings is 1. The Labute approximate surface area is 236 Å². The van der Waals surface area contributed by atoms with Crippen LogP contribution in [-0.4, -0.2) is 68.6 Å². The number of carbonyl (C=O) groups is 1. The van der Waals surface area contributed by atoms with E-state index in [2.05, 4.69) is 17.4 Å². The number of amides is 1. The second kappa shape index (κ2) is 12.6. The van der Waals surface area contributed by atoms with Gasteiger partial charge in [0.15, 0.2) is 0 Å². The molecule has 3 aromatic rings. The Kier molecular flexibility index (Phi) is 9.50. The summed E-state index contributed by atoms with van der Waals surface area (Å²) in [7, 11) is -3.45. The minimum absolute atomic E-state index is 0. The van der Waals surface area contributed by atoms with Crippen LogP contribution in [0.15, 0.2) is 66.7 Å². The molecule has 0 spiro atoms. The fourth-order valence-electron chi connectivity index (χ4n) is 5.15. The van der Waals surface area contributed by atoms with Crippen LogP contribution >= 0.6 is 24.0 Å². The Morgan fingerprint density at radius 1 is 0.921 bits per heavy atom. The molecule has 3 aromatic carbocycles. The van der Waals surface area contributed by atoms with E-state index in [1.165, 1.54) is 9.87 Å². The molecule has 1 N–H and O–H groups in total. The zero-order chi connectivity index (χ0) is 25.8. The molecule has 38 heavy (non-hydrogen) atoms.